The summed E-state index contributed by atoms with van der Waals surface area (Å²) in [6, 6.07) is -3.13. The molecule has 1 rings (SSSR count). The highest BCUT2D eigenvalue weighted by atomic mass is 32.1. The molecule has 1 aliphatic rings. The lowest BCUT2D eigenvalue weighted by atomic mass is 10.2. The molecule has 146 valence electrons. The van der Waals surface area contributed by atoms with Gasteiger partial charge in [-0.15, -0.1) is 0 Å². The Balaban J connectivity index is 2.55. The van der Waals surface area contributed by atoms with Crippen LogP contribution < -0.4 is 22.1 Å². The summed E-state index contributed by atoms with van der Waals surface area (Å²) < 4.78 is 0. The van der Waals surface area contributed by atoms with Gasteiger partial charge in [-0.3, -0.25) is 19.2 Å². The summed E-state index contributed by atoms with van der Waals surface area (Å²) in [5.41, 5.74) is 10.4. The Kier molecular flexibility index (Phi) is 8.32. The van der Waals surface area contributed by atoms with Crippen LogP contribution in [0, 0.1) is 0 Å². The number of thiol groups is 1. The SMILES string of the molecule is NC(=O)CC(N)C(=O)NCC(=O)NC(CS)C(=O)N1CCCC1C(=O)O. The predicted octanol–water partition coefficient (Wildman–Crippen LogP) is -3.20. The van der Waals surface area contributed by atoms with Gasteiger partial charge in [-0.25, -0.2) is 4.79 Å². The maximum absolute atomic E-state index is 12.4. The van der Waals surface area contributed by atoms with Gasteiger partial charge in [0.25, 0.3) is 0 Å². The number of likely N-dealkylation sites (tertiary alicyclic amines) is 1. The number of carbonyl (C=O) groups is 5. The van der Waals surface area contributed by atoms with Crippen molar-refractivity contribution in [3.8, 4) is 0 Å². The van der Waals surface area contributed by atoms with Crippen LogP contribution in [-0.4, -0.2) is 76.6 Å². The summed E-state index contributed by atoms with van der Waals surface area (Å²) in [5.74, 6) is -3.86. The van der Waals surface area contributed by atoms with Crippen LogP contribution >= 0.6 is 12.6 Å². The number of nitrogens with zero attached hydrogens (tertiary/aromatic N) is 1. The highest BCUT2D eigenvalue weighted by Gasteiger charge is 2.37. The molecule has 1 aliphatic heterocycles. The second kappa shape index (κ2) is 9.97. The summed E-state index contributed by atoms with van der Waals surface area (Å²) >= 11 is 4.01. The van der Waals surface area contributed by atoms with Gasteiger partial charge in [0.05, 0.1) is 19.0 Å². The van der Waals surface area contributed by atoms with E-state index in [-0.39, 0.29) is 18.7 Å². The first-order valence-corrected chi connectivity index (χ1v) is 8.55. The first-order valence-electron chi connectivity index (χ1n) is 7.92. The number of primary amides is 1. The maximum Gasteiger partial charge on any atom is 0.326 e. The topological polar surface area (TPSA) is 185 Å². The number of carboxylic acid groups (broad SMARTS) is 1. The lowest BCUT2D eigenvalue weighted by Gasteiger charge is -2.26. The number of amides is 4. The fraction of sp³-hybridized carbons (Fsp3) is 0.643. The van der Waals surface area contributed by atoms with E-state index in [2.05, 4.69) is 23.3 Å². The molecule has 3 atom stereocenters. The summed E-state index contributed by atoms with van der Waals surface area (Å²) in [6.45, 7) is -0.181. The van der Waals surface area contributed by atoms with Crippen LogP contribution in [0.1, 0.15) is 19.3 Å². The molecule has 1 saturated heterocycles. The van der Waals surface area contributed by atoms with Crippen molar-refractivity contribution in [3.05, 3.63) is 0 Å². The summed E-state index contributed by atoms with van der Waals surface area (Å²) in [7, 11) is 0. The average molecular weight is 389 g/mol. The number of hydrogen-bond donors (Lipinski definition) is 6. The Morgan fingerprint density at radius 1 is 1.27 bits per heavy atom. The molecule has 3 unspecified atom stereocenters. The van der Waals surface area contributed by atoms with E-state index in [0.717, 1.165) is 0 Å². The van der Waals surface area contributed by atoms with Crippen LogP contribution in [0.4, 0.5) is 0 Å². The molecule has 7 N–H and O–H groups in total. The van der Waals surface area contributed by atoms with Crippen molar-refractivity contribution in [2.75, 3.05) is 18.8 Å². The van der Waals surface area contributed by atoms with E-state index in [1.807, 2.05) is 0 Å². The van der Waals surface area contributed by atoms with E-state index >= 15 is 0 Å². The lowest BCUT2D eigenvalue weighted by molar-refractivity contribution is -0.149. The molecule has 4 amide bonds. The maximum atomic E-state index is 12.4. The minimum absolute atomic E-state index is 0.0391. The van der Waals surface area contributed by atoms with Crippen molar-refractivity contribution in [1.82, 2.24) is 15.5 Å². The number of carboxylic acids is 1. The number of hydrogen-bond acceptors (Lipinski definition) is 7. The van der Waals surface area contributed by atoms with Gasteiger partial charge in [0.15, 0.2) is 0 Å². The molecule has 0 aliphatic carbocycles. The van der Waals surface area contributed by atoms with E-state index in [4.69, 9.17) is 16.6 Å². The van der Waals surface area contributed by atoms with E-state index in [1.54, 1.807) is 0 Å². The third-order valence-electron chi connectivity index (χ3n) is 3.82. The molecule has 12 heteroatoms. The molecule has 0 radical (unpaired) electrons. The normalized spacial score (nSPS) is 18.7. The van der Waals surface area contributed by atoms with Crippen molar-refractivity contribution in [3.63, 3.8) is 0 Å². The summed E-state index contributed by atoms with van der Waals surface area (Å²) in [6.07, 6.45) is 0.544. The smallest absolute Gasteiger partial charge is 0.326 e. The molecule has 0 aromatic carbocycles. The summed E-state index contributed by atoms with van der Waals surface area (Å²) in [4.78, 5) is 59.0. The number of carbonyl (C=O) groups excluding carboxylic acids is 4. The summed E-state index contributed by atoms with van der Waals surface area (Å²) in [5, 5.41) is 13.8. The fourth-order valence-electron chi connectivity index (χ4n) is 2.53. The van der Waals surface area contributed by atoms with Gasteiger partial charge in [0.1, 0.15) is 12.1 Å². The second-order valence-corrected chi connectivity index (χ2v) is 6.19. The standard InChI is InChI=1S/C14H23N5O6S/c15-7(4-10(16)20)12(22)17-5-11(21)18-8(6-26)13(23)19-3-1-2-9(19)14(24)25/h7-9,26H,1-6,15H2,(H2,16,20)(H,17,22)(H,18,21)(H,24,25). The van der Waals surface area contributed by atoms with E-state index in [0.29, 0.717) is 12.8 Å². The third kappa shape index (κ3) is 6.19. The van der Waals surface area contributed by atoms with Gasteiger partial charge < -0.3 is 32.1 Å². The molecule has 1 heterocycles. The molecule has 1 fully saturated rings. The molecular formula is C14H23N5O6S. The predicted molar refractivity (Wildman–Crippen MR) is 93.0 cm³/mol. The van der Waals surface area contributed by atoms with E-state index in [9.17, 15) is 24.0 Å². The first-order chi connectivity index (χ1) is 12.2. The van der Waals surface area contributed by atoms with Gasteiger partial charge in [-0.05, 0) is 12.8 Å². The zero-order chi connectivity index (χ0) is 19.9. The Labute approximate surface area is 155 Å². The van der Waals surface area contributed by atoms with Crippen molar-refractivity contribution >= 4 is 42.2 Å². The Morgan fingerprint density at radius 3 is 2.46 bits per heavy atom. The van der Waals surface area contributed by atoms with Crippen LogP contribution in [0.2, 0.25) is 0 Å². The second-order valence-electron chi connectivity index (χ2n) is 5.83. The van der Waals surface area contributed by atoms with Gasteiger partial charge in [-0.2, -0.15) is 12.6 Å². The monoisotopic (exact) mass is 389 g/mol. The quantitative estimate of drug-likeness (QED) is 0.224. The van der Waals surface area contributed by atoms with Crippen molar-refractivity contribution in [2.45, 2.75) is 37.4 Å². The first kappa shape index (κ1) is 21.7. The molecular weight excluding hydrogens is 366 g/mol. The Bertz CT molecular complexity index is 586. The molecule has 26 heavy (non-hydrogen) atoms. The average Bonchev–Trinajstić information content (AvgIpc) is 3.06. The van der Waals surface area contributed by atoms with Crippen LogP contribution in [0.3, 0.4) is 0 Å². The van der Waals surface area contributed by atoms with Crippen molar-refractivity contribution < 1.29 is 29.1 Å². The third-order valence-corrected chi connectivity index (χ3v) is 4.18. The number of nitrogens with one attached hydrogen (secondary N) is 2. The van der Waals surface area contributed by atoms with Crippen LogP contribution in [-0.2, 0) is 24.0 Å². The van der Waals surface area contributed by atoms with Gasteiger partial charge in [-0.1, -0.05) is 0 Å². The minimum Gasteiger partial charge on any atom is -0.480 e. The number of aliphatic carboxylic acids is 1. The minimum atomic E-state index is -1.18. The zero-order valence-corrected chi connectivity index (χ0v) is 14.9. The van der Waals surface area contributed by atoms with Gasteiger partial charge >= 0.3 is 5.97 Å². The van der Waals surface area contributed by atoms with Crippen LogP contribution in [0.15, 0.2) is 0 Å². The van der Waals surface area contributed by atoms with Gasteiger partial charge in [0.2, 0.25) is 23.6 Å². The number of nitrogens with two attached hydrogens (primary N) is 2. The van der Waals surface area contributed by atoms with Crippen molar-refractivity contribution in [2.24, 2.45) is 11.5 Å². The molecule has 0 bridgehead atoms. The van der Waals surface area contributed by atoms with Gasteiger partial charge in [0, 0.05) is 12.3 Å². The molecule has 0 saturated carbocycles. The molecule has 11 nitrogen and oxygen atoms in total. The highest BCUT2D eigenvalue weighted by molar-refractivity contribution is 7.80. The zero-order valence-electron chi connectivity index (χ0n) is 14.0. The highest BCUT2D eigenvalue weighted by Crippen LogP contribution is 2.18. The van der Waals surface area contributed by atoms with Crippen LogP contribution in [0.5, 0.6) is 0 Å². The van der Waals surface area contributed by atoms with E-state index < -0.39 is 54.3 Å². The Morgan fingerprint density at radius 2 is 1.92 bits per heavy atom. The van der Waals surface area contributed by atoms with Crippen LogP contribution in [0.25, 0.3) is 0 Å². The number of rotatable bonds is 9. The molecule has 0 spiro atoms. The largest absolute Gasteiger partial charge is 0.480 e. The lowest BCUT2D eigenvalue weighted by Crippen LogP contribution is -2.54. The molecule has 0 aromatic heterocycles. The van der Waals surface area contributed by atoms with E-state index in [1.165, 1.54) is 4.90 Å². The van der Waals surface area contributed by atoms with Crippen molar-refractivity contribution in [1.29, 1.82) is 0 Å². The molecule has 0 aromatic rings. The Hall–Kier alpha value is -2.34. The fourth-order valence-corrected chi connectivity index (χ4v) is 2.77.